The molecule has 1 saturated heterocycles. The second kappa shape index (κ2) is 7.08. The van der Waals surface area contributed by atoms with E-state index in [0.29, 0.717) is 13.0 Å². The first-order valence-corrected chi connectivity index (χ1v) is 6.90. The Kier molecular flexibility index (Phi) is 5.16. The lowest BCUT2D eigenvalue weighted by molar-refractivity contribution is -0.151. The molecule has 1 unspecified atom stereocenters. The Labute approximate surface area is 123 Å². The SMILES string of the molecule is COC(=O)C1(CNC(=O)OCc2ccccc2)CCNC1. The van der Waals surface area contributed by atoms with Crippen LogP contribution in [0.4, 0.5) is 4.79 Å². The third kappa shape index (κ3) is 3.95. The van der Waals surface area contributed by atoms with Crippen LogP contribution < -0.4 is 10.6 Å². The van der Waals surface area contributed by atoms with Crippen LogP contribution in [0.2, 0.25) is 0 Å². The van der Waals surface area contributed by atoms with Crippen LogP contribution in [-0.4, -0.2) is 38.8 Å². The van der Waals surface area contributed by atoms with E-state index in [1.54, 1.807) is 0 Å². The molecule has 0 aliphatic carbocycles. The zero-order chi connectivity index (χ0) is 15.1. The van der Waals surface area contributed by atoms with Crippen molar-refractivity contribution in [3.05, 3.63) is 35.9 Å². The fraction of sp³-hybridized carbons (Fsp3) is 0.467. The third-order valence-corrected chi connectivity index (χ3v) is 3.65. The van der Waals surface area contributed by atoms with Gasteiger partial charge in [-0.05, 0) is 18.5 Å². The van der Waals surface area contributed by atoms with Gasteiger partial charge in [-0.15, -0.1) is 0 Å². The number of methoxy groups -OCH3 is 1. The Balaban J connectivity index is 1.81. The molecule has 0 bridgehead atoms. The van der Waals surface area contributed by atoms with Gasteiger partial charge in [-0.25, -0.2) is 4.79 Å². The molecule has 6 heteroatoms. The Morgan fingerprint density at radius 2 is 2.10 bits per heavy atom. The molecule has 21 heavy (non-hydrogen) atoms. The fourth-order valence-electron chi connectivity index (χ4n) is 2.37. The molecule has 1 atom stereocenters. The molecule has 2 rings (SSSR count). The average molecular weight is 292 g/mol. The molecule has 0 aromatic heterocycles. The number of alkyl carbamates (subject to hydrolysis) is 1. The van der Waals surface area contributed by atoms with Crippen LogP contribution >= 0.6 is 0 Å². The minimum absolute atomic E-state index is 0.205. The molecule has 6 nitrogen and oxygen atoms in total. The summed E-state index contributed by atoms with van der Waals surface area (Å²) >= 11 is 0. The largest absolute Gasteiger partial charge is 0.469 e. The summed E-state index contributed by atoms with van der Waals surface area (Å²) in [6, 6.07) is 9.42. The first-order chi connectivity index (χ1) is 10.2. The molecule has 0 saturated carbocycles. The molecule has 1 aliphatic rings. The van der Waals surface area contributed by atoms with Gasteiger partial charge in [0.1, 0.15) is 6.61 Å². The molecular formula is C15H20N2O4. The normalized spacial score (nSPS) is 20.8. The standard InChI is InChI=1S/C15H20N2O4/c1-20-13(18)15(7-8-16-10-15)11-17-14(19)21-9-12-5-3-2-4-6-12/h2-6,16H,7-11H2,1H3,(H,17,19). The topological polar surface area (TPSA) is 76.7 Å². The van der Waals surface area contributed by atoms with E-state index in [2.05, 4.69) is 10.6 Å². The number of benzene rings is 1. The lowest BCUT2D eigenvalue weighted by Gasteiger charge is -2.24. The molecule has 2 N–H and O–H groups in total. The molecular weight excluding hydrogens is 272 g/mol. The summed E-state index contributed by atoms with van der Waals surface area (Å²) in [5.74, 6) is -0.309. The number of rotatable bonds is 5. The molecule has 1 heterocycles. The van der Waals surface area contributed by atoms with E-state index in [-0.39, 0.29) is 19.1 Å². The second-order valence-corrected chi connectivity index (χ2v) is 5.11. The van der Waals surface area contributed by atoms with Gasteiger partial charge in [0.05, 0.1) is 12.5 Å². The monoisotopic (exact) mass is 292 g/mol. The number of esters is 1. The van der Waals surface area contributed by atoms with Crippen molar-refractivity contribution in [2.24, 2.45) is 5.41 Å². The third-order valence-electron chi connectivity index (χ3n) is 3.65. The van der Waals surface area contributed by atoms with Gasteiger partial charge >= 0.3 is 12.1 Å². The summed E-state index contributed by atoms with van der Waals surface area (Å²) in [5.41, 5.74) is 0.221. The van der Waals surface area contributed by atoms with Crippen molar-refractivity contribution < 1.29 is 19.1 Å². The summed E-state index contributed by atoms with van der Waals surface area (Å²) in [6.07, 6.45) is 0.104. The Morgan fingerprint density at radius 1 is 1.33 bits per heavy atom. The van der Waals surface area contributed by atoms with Crippen molar-refractivity contribution in [2.75, 3.05) is 26.7 Å². The van der Waals surface area contributed by atoms with Gasteiger partial charge in [0, 0.05) is 13.1 Å². The summed E-state index contributed by atoms with van der Waals surface area (Å²) in [7, 11) is 1.36. The first kappa shape index (κ1) is 15.3. The number of carbonyl (C=O) groups is 2. The van der Waals surface area contributed by atoms with Crippen molar-refractivity contribution in [2.45, 2.75) is 13.0 Å². The highest BCUT2D eigenvalue weighted by Gasteiger charge is 2.42. The summed E-state index contributed by atoms with van der Waals surface area (Å²) < 4.78 is 9.95. The highest BCUT2D eigenvalue weighted by molar-refractivity contribution is 5.79. The molecule has 1 aliphatic heterocycles. The fourth-order valence-corrected chi connectivity index (χ4v) is 2.37. The zero-order valence-electron chi connectivity index (χ0n) is 12.1. The Bertz CT molecular complexity index is 484. The maximum absolute atomic E-state index is 11.9. The van der Waals surface area contributed by atoms with Crippen LogP contribution in [0.15, 0.2) is 30.3 Å². The molecule has 1 amide bonds. The number of amides is 1. The maximum Gasteiger partial charge on any atom is 0.407 e. The van der Waals surface area contributed by atoms with Gasteiger partial charge in [-0.2, -0.15) is 0 Å². The quantitative estimate of drug-likeness (QED) is 0.794. The Morgan fingerprint density at radius 3 is 2.71 bits per heavy atom. The lowest BCUT2D eigenvalue weighted by atomic mass is 9.87. The maximum atomic E-state index is 11.9. The van der Waals surface area contributed by atoms with Crippen LogP contribution in [0, 0.1) is 5.41 Å². The van der Waals surface area contributed by atoms with Gasteiger partial charge in [-0.1, -0.05) is 30.3 Å². The van der Waals surface area contributed by atoms with Gasteiger partial charge < -0.3 is 20.1 Å². The van der Waals surface area contributed by atoms with E-state index >= 15 is 0 Å². The molecule has 0 radical (unpaired) electrons. The average Bonchev–Trinajstić information content (AvgIpc) is 3.01. The van der Waals surface area contributed by atoms with Crippen LogP contribution in [0.5, 0.6) is 0 Å². The van der Waals surface area contributed by atoms with Gasteiger partial charge in [-0.3, -0.25) is 4.79 Å². The van der Waals surface area contributed by atoms with Crippen molar-refractivity contribution in [3.63, 3.8) is 0 Å². The second-order valence-electron chi connectivity index (χ2n) is 5.11. The number of hydrogen-bond acceptors (Lipinski definition) is 5. The van der Waals surface area contributed by atoms with Gasteiger partial charge in [0.2, 0.25) is 0 Å². The molecule has 1 fully saturated rings. The molecule has 1 aromatic rings. The van der Waals surface area contributed by atoms with E-state index < -0.39 is 11.5 Å². The first-order valence-electron chi connectivity index (χ1n) is 6.90. The summed E-state index contributed by atoms with van der Waals surface area (Å²) in [4.78, 5) is 23.6. The summed E-state index contributed by atoms with van der Waals surface area (Å²) in [5, 5.41) is 5.77. The van der Waals surface area contributed by atoms with E-state index in [0.717, 1.165) is 12.1 Å². The van der Waals surface area contributed by atoms with Crippen molar-refractivity contribution in [3.8, 4) is 0 Å². The van der Waals surface area contributed by atoms with Crippen LogP contribution in [0.25, 0.3) is 0 Å². The molecule has 114 valence electrons. The van der Waals surface area contributed by atoms with E-state index in [9.17, 15) is 9.59 Å². The Hall–Kier alpha value is -2.08. The highest BCUT2D eigenvalue weighted by Crippen LogP contribution is 2.26. The van der Waals surface area contributed by atoms with Crippen molar-refractivity contribution >= 4 is 12.1 Å². The smallest absolute Gasteiger partial charge is 0.407 e. The van der Waals surface area contributed by atoms with E-state index in [4.69, 9.17) is 9.47 Å². The molecule has 1 aromatic carbocycles. The zero-order valence-corrected chi connectivity index (χ0v) is 12.1. The lowest BCUT2D eigenvalue weighted by Crippen LogP contribution is -2.45. The number of nitrogens with one attached hydrogen (secondary N) is 2. The minimum atomic E-state index is -0.694. The van der Waals surface area contributed by atoms with E-state index in [1.165, 1.54) is 7.11 Å². The highest BCUT2D eigenvalue weighted by atomic mass is 16.5. The summed E-state index contributed by atoms with van der Waals surface area (Å²) in [6.45, 7) is 1.64. The minimum Gasteiger partial charge on any atom is -0.469 e. The number of ether oxygens (including phenoxy) is 2. The van der Waals surface area contributed by atoms with Crippen molar-refractivity contribution in [1.29, 1.82) is 0 Å². The van der Waals surface area contributed by atoms with Crippen LogP contribution in [-0.2, 0) is 20.9 Å². The van der Waals surface area contributed by atoms with Crippen molar-refractivity contribution in [1.82, 2.24) is 10.6 Å². The number of carbonyl (C=O) groups excluding carboxylic acids is 2. The predicted octanol–water partition coefficient (Wildman–Crippen LogP) is 1.07. The van der Waals surface area contributed by atoms with Gasteiger partial charge in [0.15, 0.2) is 0 Å². The van der Waals surface area contributed by atoms with E-state index in [1.807, 2.05) is 30.3 Å². The number of hydrogen-bond donors (Lipinski definition) is 2. The van der Waals surface area contributed by atoms with Crippen LogP contribution in [0.1, 0.15) is 12.0 Å². The predicted molar refractivity (Wildman–Crippen MR) is 76.6 cm³/mol. The molecule has 0 spiro atoms. The van der Waals surface area contributed by atoms with Gasteiger partial charge in [0.25, 0.3) is 0 Å². The van der Waals surface area contributed by atoms with Crippen LogP contribution in [0.3, 0.4) is 0 Å².